The van der Waals surface area contributed by atoms with Crippen molar-refractivity contribution in [1.82, 2.24) is 35.1 Å². The van der Waals surface area contributed by atoms with Crippen molar-refractivity contribution < 1.29 is 17.6 Å². The Bertz CT molecular complexity index is 2180. The number of imidazole rings is 1. The fraction of sp³-hybridized carbons (Fsp3) is 0.250. The number of H-pyrrole nitrogens is 2. The molecule has 11 nitrogen and oxygen atoms in total. The van der Waals surface area contributed by atoms with E-state index in [9.17, 15) is 17.6 Å². The summed E-state index contributed by atoms with van der Waals surface area (Å²) >= 11 is 0. The maximum Gasteiger partial charge on any atom is 0.224 e. The first kappa shape index (κ1) is 30.0. The number of rotatable bonds is 8. The highest BCUT2D eigenvalue weighted by molar-refractivity contribution is 7.90. The number of amides is 1. The molecule has 6 rings (SSSR count). The molecule has 0 unspecified atom stereocenters. The highest BCUT2D eigenvalue weighted by Gasteiger charge is 2.19. The lowest BCUT2D eigenvalue weighted by Gasteiger charge is -2.17. The Kier molecular flexibility index (Phi) is 7.65. The molecule has 6 aromatic rings. The summed E-state index contributed by atoms with van der Waals surface area (Å²) in [6, 6.07) is 9.96. The molecular formula is C32H31FN8O3S. The number of benzene rings is 1. The maximum absolute atomic E-state index is 14.6. The summed E-state index contributed by atoms with van der Waals surface area (Å²) in [4.78, 5) is 33.9. The molecular weight excluding hydrogens is 595 g/mol. The predicted octanol–water partition coefficient (Wildman–Crippen LogP) is 5.73. The zero-order chi connectivity index (χ0) is 31.9. The summed E-state index contributed by atoms with van der Waals surface area (Å²) in [5.41, 5.74) is 5.73. The molecule has 13 heteroatoms. The minimum absolute atomic E-state index is 0.0881. The van der Waals surface area contributed by atoms with E-state index in [1.165, 1.54) is 12.1 Å². The SMILES string of the molecule is CC(C)(C)CC(=O)Nc1cncc(-c2cnc3n[nH]c(-c4nc5c(-c6cc(F)cc(CCS(C)(=O)=O)c6)nccc5[nH]4)c3c2)c1. The molecule has 3 N–H and O–H groups in total. The van der Waals surface area contributed by atoms with Crippen LogP contribution in [0, 0.1) is 11.2 Å². The molecule has 0 atom stereocenters. The van der Waals surface area contributed by atoms with Gasteiger partial charge in [-0.2, -0.15) is 5.10 Å². The van der Waals surface area contributed by atoms with Gasteiger partial charge in [-0.1, -0.05) is 20.8 Å². The van der Waals surface area contributed by atoms with Gasteiger partial charge >= 0.3 is 0 Å². The molecule has 0 aliphatic heterocycles. The van der Waals surface area contributed by atoms with E-state index in [0.717, 1.165) is 17.4 Å². The Balaban J connectivity index is 1.34. The van der Waals surface area contributed by atoms with E-state index in [1.807, 2.05) is 32.9 Å². The summed E-state index contributed by atoms with van der Waals surface area (Å²) in [6.45, 7) is 6.02. The molecule has 45 heavy (non-hydrogen) atoms. The number of aromatic amines is 2. The van der Waals surface area contributed by atoms with Crippen molar-refractivity contribution >= 4 is 43.5 Å². The van der Waals surface area contributed by atoms with Gasteiger partial charge in [0.15, 0.2) is 11.5 Å². The number of aromatic nitrogens is 7. The second kappa shape index (κ2) is 11.5. The van der Waals surface area contributed by atoms with Crippen LogP contribution >= 0.6 is 0 Å². The molecule has 0 radical (unpaired) electrons. The number of anilines is 1. The van der Waals surface area contributed by atoms with Crippen LogP contribution in [-0.4, -0.2) is 61.5 Å². The van der Waals surface area contributed by atoms with Gasteiger partial charge in [0.05, 0.1) is 34.2 Å². The number of hydrogen-bond acceptors (Lipinski definition) is 8. The minimum Gasteiger partial charge on any atom is -0.337 e. The number of carbonyl (C=O) groups is 1. The number of nitrogens with zero attached hydrogens (tertiary/aromatic N) is 5. The normalized spacial score (nSPS) is 12.2. The highest BCUT2D eigenvalue weighted by atomic mass is 32.2. The molecule has 0 bridgehead atoms. The molecule has 0 saturated heterocycles. The van der Waals surface area contributed by atoms with Crippen LogP contribution < -0.4 is 5.32 Å². The standard InChI is InChI=1S/C32H31FN8O3S/c1-32(2,3)14-26(42)37-23-12-20(15-34-17-23)21-13-24-28(40-41-30(24)36-16-21)31-38-25-5-7-35-27(29(25)39-31)19-9-18(10-22(33)11-19)6-8-45(4,43)44/h5,7,9-13,15-17H,6,8,14H2,1-4H3,(H,37,42)(H,38,39)(H,36,40,41). The number of fused-ring (bicyclic) bond motifs is 2. The Morgan fingerprint density at radius 2 is 1.80 bits per heavy atom. The summed E-state index contributed by atoms with van der Waals surface area (Å²) in [6.07, 6.45) is 8.31. The average molecular weight is 627 g/mol. The molecule has 1 amide bonds. The van der Waals surface area contributed by atoms with Gasteiger partial charge in [-0.3, -0.25) is 19.9 Å². The van der Waals surface area contributed by atoms with Gasteiger partial charge in [0, 0.05) is 48.0 Å². The van der Waals surface area contributed by atoms with Gasteiger partial charge < -0.3 is 10.3 Å². The number of hydrogen-bond donors (Lipinski definition) is 3. The first-order valence-corrected chi connectivity index (χ1v) is 16.3. The van der Waals surface area contributed by atoms with Crippen molar-refractivity contribution in [3.63, 3.8) is 0 Å². The van der Waals surface area contributed by atoms with Gasteiger partial charge in [-0.15, -0.1) is 0 Å². The molecule has 0 aliphatic carbocycles. The molecule has 0 aliphatic rings. The van der Waals surface area contributed by atoms with Crippen molar-refractivity contribution in [1.29, 1.82) is 0 Å². The first-order valence-electron chi connectivity index (χ1n) is 14.2. The van der Waals surface area contributed by atoms with Gasteiger partial charge in [0.1, 0.15) is 26.9 Å². The molecule has 230 valence electrons. The van der Waals surface area contributed by atoms with Crippen LogP contribution in [-0.2, 0) is 21.1 Å². The van der Waals surface area contributed by atoms with Crippen molar-refractivity contribution in [2.24, 2.45) is 5.41 Å². The second-order valence-electron chi connectivity index (χ2n) is 12.3. The Labute approximate surface area is 258 Å². The lowest BCUT2D eigenvalue weighted by atomic mass is 9.92. The first-order chi connectivity index (χ1) is 21.3. The van der Waals surface area contributed by atoms with Crippen molar-refractivity contribution in [2.75, 3.05) is 17.3 Å². The van der Waals surface area contributed by atoms with Gasteiger partial charge in [0.2, 0.25) is 5.91 Å². The molecule has 0 fully saturated rings. The lowest BCUT2D eigenvalue weighted by Crippen LogP contribution is -2.19. The fourth-order valence-electron chi connectivity index (χ4n) is 5.09. The average Bonchev–Trinajstić information content (AvgIpc) is 3.58. The van der Waals surface area contributed by atoms with Crippen LogP contribution in [0.5, 0.6) is 0 Å². The third-order valence-electron chi connectivity index (χ3n) is 7.09. The Morgan fingerprint density at radius 3 is 2.58 bits per heavy atom. The minimum atomic E-state index is -3.21. The van der Waals surface area contributed by atoms with Crippen molar-refractivity contribution in [2.45, 2.75) is 33.6 Å². The molecule has 5 aromatic heterocycles. The van der Waals surface area contributed by atoms with E-state index in [2.05, 4.69) is 35.5 Å². The third kappa shape index (κ3) is 6.88. The Morgan fingerprint density at radius 1 is 1.00 bits per heavy atom. The quantitative estimate of drug-likeness (QED) is 0.193. The molecule has 5 heterocycles. The van der Waals surface area contributed by atoms with E-state index in [0.29, 0.717) is 62.5 Å². The van der Waals surface area contributed by atoms with E-state index in [1.54, 1.807) is 36.9 Å². The molecule has 0 spiro atoms. The Hall–Kier alpha value is -5.04. The monoisotopic (exact) mass is 626 g/mol. The molecule has 0 saturated carbocycles. The van der Waals surface area contributed by atoms with E-state index >= 15 is 0 Å². The lowest BCUT2D eigenvalue weighted by molar-refractivity contribution is -0.117. The highest BCUT2D eigenvalue weighted by Crippen LogP contribution is 2.32. The number of pyridine rings is 3. The summed E-state index contributed by atoms with van der Waals surface area (Å²) in [5, 5.41) is 11.0. The number of nitrogens with one attached hydrogen (secondary N) is 3. The van der Waals surface area contributed by atoms with Crippen LogP contribution in [0.2, 0.25) is 0 Å². The van der Waals surface area contributed by atoms with Crippen LogP contribution in [0.3, 0.4) is 0 Å². The maximum atomic E-state index is 14.6. The number of aryl methyl sites for hydroxylation is 1. The molecule has 1 aromatic carbocycles. The van der Waals surface area contributed by atoms with Crippen LogP contribution in [0.25, 0.3) is 56.0 Å². The van der Waals surface area contributed by atoms with Crippen molar-refractivity contribution in [3.8, 4) is 33.9 Å². The van der Waals surface area contributed by atoms with E-state index in [-0.39, 0.29) is 23.5 Å². The van der Waals surface area contributed by atoms with Gasteiger partial charge in [-0.05, 0) is 53.8 Å². The predicted molar refractivity (Wildman–Crippen MR) is 172 cm³/mol. The van der Waals surface area contributed by atoms with Gasteiger partial charge in [-0.25, -0.2) is 22.8 Å². The fourth-order valence-corrected chi connectivity index (χ4v) is 5.70. The van der Waals surface area contributed by atoms with E-state index < -0.39 is 15.7 Å². The van der Waals surface area contributed by atoms with E-state index in [4.69, 9.17) is 4.98 Å². The van der Waals surface area contributed by atoms with Crippen LogP contribution in [0.1, 0.15) is 32.8 Å². The zero-order valence-corrected chi connectivity index (χ0v) is 26.0. The number of carbonyl (C=O) groups excluding carboxylic acids is 1. The summed E-state index contributed by atoms with van der Waals surface area (Å²) in [7, 11) is -3.21. The zero-order valence-electron chi connectivity index (χ0n) is 25.1. The van der Waals surface area contributed by atoms with Crippen LogP contribution in [0.15, 0.2) is 61.2 Å². The second-order valence-corrected chi connectivity index (χ2v) is 14.6. The van der Waals surface area contributed by atoms with Crippen LogP contribution in [0.4, 0.5) is 10.1 Å². The van der Waals surface area contributed by atoms with Crippen molar-refractivity contribution in [3.05, 3.63) is 72.6 Å². The summed E-state index contributed by atoms with van der Waals surface area (Å²) in [5.74, 6) is -0.184. The smallest absolute Gasteiger partial charge is 0.224 e. The topological polar surface area (TPSA) is 159 Å². The van der Waals surface area contributed by atoms with Gasteiger partial charge in [0.25, 0.3) is 0 Å². The third-order valence-corrected chi connectivity index (χ3v) is 8.03. The largest absolute Gasteiger partial charge is 0.337 e. The number of sulfone groups is 1. The number of halogens is 1. The summed E-state index contributed by atoms with van der Waals surface area (Å²) < 4.78 is 38.0.